The molecule has 0 spiro atoms. The molecule has 2 amide bonds. The third-order valence-electron chi connectivity index (χ3n) is 8.24. The molecule has 2 aliphatic heterocycles. The SMILES string of the molecule is CCCCCCCCCCCCCC(=O)Oc1c2n(cc(C(=O)NCc3ccc(F)cc3F)c1=O)C[C@H]1OC[C@H](C)N1C2=O. The second kappa shape index (κ2) is 15.9. The molecule has 1 saturated heterocycles. The van der Waals surface area contributed by atoms with Gasteiger partial charge in [-0.1, -0.05) is 77.2 Å². The van der Waals surface area contributed by atoms with Crippen molar-refractivity contribution >= 4 is 17.8 Å². The molecule has 44 heavy (non-hydrogen) atoms. The molecule has 0 saturated carbocycles. The van der Waals surface area contributed by atoms with Crippen LogP contribution in [0.4, 0.5) is 8.78 Å². The molecular formula is C33H43F2N3O6. The molecule has 0 aliphatic carbocycles. The Hall–Kier alpha value is -3.60. The number of ether oxygens (including phenoxy) is 2. The Kier molecular flexibility index (Phi) is 12.1. The molecule has 11 heteroatoms. The number of esters is 1. The number of carbonyl (C=O) groups is 3. The first-order valence-corrected chi connectivity index (χ1v) is 15.9. The van der Waals surface area contributed by atoms with Gasteiger partial charge in [-0.15, -0.1) is 0 Å². The monoisotopic (exact) mass is 615 g/mol. The standard InChI is InChI=1S/C33H43F2N3O6/c1-3-4-5-6-7-8-9-10-11-12-13-14-28(39)44-31-29-33(42)38-22(2)21-43-27(38)20-37(29)19-25(30(31)40)32(41)36-18-23-15-16-24(34)17-26(23)35/h15-17,19,22,27H,3-14,18,20-21H2,1-2H3,(H,36,41)/t22-,27+/m0/s1. The van der Waals surface area contributed by atoms with Gasteiger partial charge in [-0.3, -0.25) is 19.2 Å². The van der Waals surface area contributed by atoms with Crippen molar-refractivity contribution in [3.63, 3.8) is 0 Å². The first kappa shape index (κ1) is 33.3. The maximum absolute atomic E-state index is 14.1. The molecule has 0 radical (unpaired) electrons. The topological polar surface area (TPSA) is 107 Å². The molecule has 1 aromatic heterocycles. The summed E-state index contributed by atoms with van der Waals surface area (Å²) >= 11 is 0. The van der Waals surface area contributed by atoms with E-state index in [0.29, 0.717) is 19.1 Å². The van der Waals surface area contributed by atoms with Crippen LogP contribution in [0, 0.1) is 11.6 Å². The fourth-order valence-electron chi connectivity index (χ4n) is 5.75. The number of unbranched alkanes of at least 4 members (excludes halogenated alkanes) is 10. The lowest BCUT2D eigenvalue weighted by Crippen LogP contribution is -2.49. The van der Waals surface area contributed by atoms with Crippen molar-refractivity contribution in [3.8, 4) is 5.75 Å². The summed E-state index contributed by atoms with van der Waals surface area (Å²) in [6, 6.07) is 2.71. The first-order chi connectivity index (χ1) is 21.2. The maximum Gasteiger partial charge on any atom is 0.311 e. The summed E-state index contributed by atoms with van der Waals surface area (Å²) in [5.41, 5.74) is -1.38. The molecule has 9 nitrogen and oxygen atoms in total. The molecule has 2 atom stereocenters. The highest BCUT2D eigenvalue weighted by Crippen LogP contribution is 2.30. The molecule has 1 fully saturated rings. The summed E-state index contributed by atoms with van der Waals surface area (Å²) in [5, 5.41) is 2.46. The molecule has 1 aromatic carbocycles. The van der Waals surface area contributed by atoms with Crippen molar-refractivity contribution in [1.29, 1.82) is 0 Å². The van der Waals surface area contributed by atoms with Gasteiger partial charge in [0.1, 0.15) is 17.2 Å². The average Bonchev–Trinajstić information content (AvgIpc) is 3.37. The number of nitrogens with one attached hydrogen (secondary N) is 1. The number of rotatable bonds is 16. The Morgan fingerprint density at radius 3 is 2.32 bits per heavy atom. The van der Waals surface area contributed by atoms with Crippen LogP contribution in [0.25, 0.3) is 0 Å². The number of fused-ring (bicyclic) bond motifs is 2. The minimum atomic E-state index is -0.916. The molecule has 2 aliphatic rings. The number of hydrogen-bond donors (Lipinski definition) is 1. The average molecular weight is 616 g/mol. The maximum atomic E-state index is 14.1. The summed E-state index contributed by atoms with van der Waals surface area (Å²) in [6.45, 7) is 4.15. The van der Waals surface area contributed by atoms with Crippen LogP contribution in [0.3, 0.4) is 0 Å². The van der Waals surface area contributed by atoms with Gasteiger partial charge in [0.15, 0.2) is 11.9 Å². The second-order valence-electron chi connectivity index (χ2n) is 11.7. The lowest BCUT2D eigenvalue weighted by molar-refractivity contribution is -0.134. The van der Waals surface area contributed by atoms with Crippen LogP contribution in [0.1, 0.15) is 117 Å². The zero-order valence-electron chi connectivity index (χ0n) is 25.7. The van der Waals surface area contributed by atoms with Gasteiger partial charge in [0.2, 0.25) is 11.2 Å². The summed E-state index contributed by atoms with van der Waals surface area (Å²) < 4.78 is 40.0. The van der Waals surface area contributed by atoms with E-state index in [1.807, 2.05) is 6.92 Å². The van der Waals surface area contributed by atoms with E-state index < -0.39 is 46.8 Å². The smallest absolute Gasteiger partial charge is 0.311 e. The number of aromatic nitrogens is 1. The van der Waals surface area contributed by atoms with Crippen LogP contribution in [0.5, 0.6) is 5.75 Å². The second-order valence-corrected chi connectivity index (χ2v) is 11.7. The quantitative estimate of drug-likeness (QED) is 0.187. The van der Waals surface area contributed by atoms with Crippen LogP contribution in [-0.2, 0) is 22.6 Å². The predicted molar refractivity (Wildman–Crippen MR) is 160 cm³/mol. The van der Waals surface area contributed by atoms with Gasteiger partial charge >= 0.3 is 5.97 Å². The summed E-state index contributed by atoms with van der Waals surface area (Å²) in [7, 11) is 0. The zero-order valence-corrected chi connectivity index (χ0v) is 25.7. The van der Waals surface area contributed by atoms with Gasteiger partial charge in [-0.05, 0) is 19.4 Å². The number of amides is 2. The molecule has 240 valence electrons. The fraction of sp³-hybridized carbons (Fsp3) is 0.576. The predicted octanol–water partition coefficient (Wildman–Crippen LogP) is 5.86. The van der Waals surface area contributed by atoms with E-state index in [1.54, 1.807) is 0 Å². The number of hydrogen-bond acceptors (Lipinski definition) is 6. The van der Waals surface area contributed by atoms with Crippen LogP contribution in [0.15, 0.2) is 29.2 Å². The van der Waals surface area contributed by atoms with Crippen molar-refractivity contribution < 1.29 is 32.6 Å². The Morgan fingerprint density at radius 2 is 1.66 bits per heavy atom. The normalized spacial score (nSPS) is 17.4. The highest BCUT2D eigenvalue weighted by atomic mass is 19.1. The van der Waals surface area contributed by atoms with Crippen molar-refractivity contribution in [2.24, 2.45) is 0 Å². The molecule has 2 aromatic rings. The summed E-state index contributed by atoms with van der Waals surface area (Å²) in [5.74, 6) is -4.14. The Labute approximate surface area is 256 Å². The lowest BCUT2D eigenvalue weighted by atomic mass is 10.1. The van der Waals surface area contributed by atoms with E-state index in [9.17, 15) is 28.0 Å². The van der Waals surface area contributed by atoms with Crippen LogP contribution >= 0.6 is 0 Å². The first-order valence-electron chi connectivity index (χ1n) is 15.9. The van der Waals surface area contributed by atoms with Gasteiger partial charge in [-0.25, -0.2) is 8.78 Å². The number of halogens is 2. The zero-order chi connectivity index (χ0) is 31.6. The van der Waals surface area contributed by atoms with Crippen LogP contribution < -0.4 is 15.5 Å². The van der Waals surface area contributed by atoms with Gasteiger partial charge in [0.25, 0.3) is 11.8 Å². The third kappa shape index (κ3) is 8.31. The fourth-order valence-corrected chi connectivity index (χ4v) is 5.75. The van der Waals surface area contributed by atoms with Crippen molar-refractivity contribution in [3.05, 3.63) is 63.1 Å². The Bertz CT molecular complexity index is 1390. The minimum Gasteiger partial charge on any atom is -0.420 e. The number of nitrogens with zero attached hydrogens (tertiary/aromatic N) is 2. The number of benzene rings is 1. The molecule has 0 unspecified atom stereocenters. The van der Waals surface area contributed by atoms with Gasteiger partial charge in [-0.2, -0.15) is 0 Å². The van der Waals surface area contributed by atoms with Gasteiger partial charge in [0, 0.05) is 30.8 Å². The minimum absolute atomic E-state index is 0.0237. The molecule has 3 heterocycles. The van der Waals surface area contributed by atoms with Gasteiger partial charge < -0.3 is 24.3 Å². The summed E-state index contributed by atoms with van der Waals surface area (Å²) in [6.07, 6.45) is 13.0. The Balaban J connectivity index is 1.42. The largest absolute Gasteiger partial charge is 0.420 e. The lowest BCUT2D eigenvalue weighted by Gasteiger charge is -2.34. The van der Waals surface area contributed by atoms with Crippen molar-refractivity contribution in [2.45, 2.75) is 116 Å². The van der Waals surface area contributed by atoms with E-state index in [4.69, 9.17) is 9.47 Å². The van der Waals surface area contributed by atoms with Gasteiger partial charge in [0.05, 0.1) is 19.2 Å². The van der Waals surface area contributed by atoms with E-state index in [-0.39, 0.29) is 42.4 Å². The van der Waals surface area contributed by atoms with Crippen molar-refractivity contribution in [2.75, 3.05) is 6.61 Å². The van der Waals surface area contributed by atoms with E-state index >= 15 is 0 Å². The van der Waals surface area contributed by atoms with Crippen molar-refractivity contribution in [1.82, 2.24) is 14.8 Å². The molecule has 1 N–H and O–H groups in total. The van der Waals surface area contributed by atoms with E-state index in [0.717, 1.165) is 25.3 Å². The van der Waals surface area contributed by atoms with E-state index in [1.165, 1.54) is 66.7 Å². The number of pyridine rings is 1. The van der Waals surface area contributed by atoms with Crippen LogP contribution in [0.2, 0.25) is 0 Å². The Morgan fingerprint density at radius 1 is 1.00 bits per heavy atom. The highest BCUT2D eigenvalue weighted by Gasteiger charge is 2.43. The molecule has 4 rings (SSSR count). The molecule has 0 bridgehead atoms. The van der Waals surface area contributed by atoms with Crippen LogP contribution in [-0.4, -0.2) is 46.1 Å². The third-order valence-corrected chi connectivity index (χ3v) is 8.24. The summed E-state index contributed by atoms with van der Waals surface area (Å²) in [4.78, 5) is 54.5. The van der Waals surface area contributed by atoms with E-state index in [2.05, 4.69) is 12.2 Å². The molecular weight excluding hydrogens is 572 g/mol. The number of carbonyl (C=O) groups excluding carboxylic acids is 3. The highest BCUT2D eigenvalue weighted by molar-refractivity contribution is 6.00.